The number of benzene rings is 2. The van der Waals surface area contributed by atoms with E-state index in [1.165, 1.54) is 11.1 Å². The molecule has 1 aliphatic heterocycles. The number of nitrogens with two attached hydrogens (primary N) is 1. The standard InChI is InChI=1S/C20H24N2O/c1-2-6-19(23)22-12-11-15-9-10-17(13-18(15)14-22)20(21)16-7-4-3-5-8-16/h3-5,7-10,13,20H,2,6,11-12,14,21H2,1H3. The Balaban J connectivity index is 1.82. The molecule has 3 nitrogen and oxygen atoms in total. The van der Waals surface area contributed by atoms with Crippen LogP contribution in [0.3, 0.4) is 0 Å². The first-order valence-electron chi connectivity index (χ1n) is 8.39. The minimum Gasteiger partial charge on any atom is -0.338 e. The SMILES string of the molecule is CCCC(=O)N1CCc2ccc(C(N)c3ccccc3)cc2C1. The topological polar surface area (TPSA) is 46.3 Å². The molecular weight excluding hydrogens is 284 g/mol. The van der Waals surface area contributed by atoms with E-state index in [0.29, 0.717) is 13.0 Å². The van der Waals surface area contributed by atoms with Crippen LogP contribution in [0.2, 0.25) is 0 Å². The Kier molecular flexibility index (Phi) is 4.77. The van der Waals surface area contributed by atoms with Crippen LogP contribution in [0, 0.1) is 0 Å². The fraction of sp³-hybridized carbons (Fsp3) is 0.350. The fourth-order valence-electron chi connectivity index (χ4n) is 3.21. The van der Waals surface area contributed by atoms with E-state index in [1.54, 1.807) is 0 Å². The molecule has 0 spiro atoms. The Bertz CT molecular complexity index is 681. The summed E-state index contributed by atoms with van der Waals surface area (Å²) in [5.74, 6) is 0.260. The highest BCUT2D eigenvalue weighted by Crippen LogP contribution is 2.26. The van der Waals surface area contributed by atoms with Crippen molar-refractivity contribution in [3.63, 3.8) is 0 Å². The molecule has 0 fully saturated rings. The van der Waals surface area contributed by atoms with Crippen LogP contribution in [0.1, 0.15) is 48.1 Å². The maximum absolute atomic E-state index is 12.1. The van der Waals surface area contributed by atoms with Crippen LogP contribution in [-0.4, -0.2) is 17.4 Å². The van der Waals surface area contributed by atoms with Gasteiger partial charge in [-0.2, -0.15) is 0 Å². The van der Waals surface area contributed by atoms with E-state index in [0.717, 1.165) is 30.5 Å². The minimum atomic E-state index is -0.122. The maximum Gasteiger partial charge on any atom is 0.222 e. The predicted octanol–water partition coefficient (Wildman–Crippen LogP) is 3.42. The van der Waals surface area contributed by atoms with Gasteiger partial charge in [0.15, 0.2) is 0 Å². The lowest BCUT2D eigenvalue weighted by atomic mass is 9.92. The number of hydrogen-bond donors (Lipinski definition) is 1. The quantitative estimate of drug-likeness (QED) is 0.940. The summed E-state index contributed by atoms with van der Waals surface area (Å²) in [5.41, 5.74) is 11.2. The van der Waals surface area contributed by atoms with Crippen LogP contribution in [0.25, 0.3) is 0 Å². The van der Waals surface area contributed by atoms with Gasteiger partial charge in [-0.1, -0.05) is 55.5 Å². The molecule has 2 N–H and O–H groups in total. The van der Waals surface area contributed by atoms with Crippen molar-refractivity contribution in [1.82, 2.24) is 4.90 Å². The number of nitrogens with zero attached hydrogens (tertiary/aromatic N) is 1. The summed E-state index contributed by atoms with van der Waals surface area (Å²) in [7, 11) is 0. The first kappa shape index (κ1) is 15.8. The van der Waals surface area contributed by atoms with Crippen LogP contribution in [0.15, 0.2) is 48.5 Å². The molecule has 0 aromatic heterocycles. The highest BCUT2D eigenvalue weighted by molar-refractivity contribution is 5.76. The highest BCUT2D eigenvalue weighted by atomic mass is 16.2. The molecule has 1 heterocycles. The molecule has 23 heavy (non-hydrogen) atoms. The molecule has 1 atom stereocenters. The maximum atomic E-state index is 12.1. The van der Waals surface area contributed by atoms with Gasteiger partial charge in [-0.15, -0.1) is 0 Å². The van der Waals surface area contributed by atoms with Crippen molar-refractivity contribution >= 4 is 5.91 Å². The molecular formula is C20H24N2O. The summed E-state index contributed by atoms with van der Waals surface area (Å²) >= 11 is 0. The van der Waals surface area contributed by atoms with Crippen molar-refractivity contribution in [2.24, 2.45) is 5.73 Å². The molecule has 3 heteroatoms. The van der Waals surface area contributed by atoms with Crippen molar-refractivity contribution in [3.05, 3.63) is 70.8 Å². The number of fused-ring (bicyclic) bond motifs is 1. The van der Waals surface area contributed by atoms with E-state index in [-0.39, 0.29) is 11.9 Å². The third kappa shape index (κ3) is 3.45. The zero-order valence-corrected chi connectivity index (χ0v) is 13.7. The largest absolute Gasteiger partial charge is 0.338 e. The van der Waals surface area contributed by atoms with Crippen molar-refractivity contribution in [3.8, 4) is 0 Å². The summed E-state index contributed by atoms with van der Waals surface area (Å²) < 4.78 is 0. The van der Waals surface area contributed by atoms with Gasteiger partial charge in [-0.3, -0.25) is 4.79 Å². The van der Waals surface area contributed by atoms with Gasteiger partial charge in [0.1, 0.15) is 0 Å². The average molecular weight is 308 g/mol. The van der Waals surface area contributed by atoms with E-state index in [9.17, 15) is 4.79 Å². The number of rotatable bonds is 4. The molecule has 0 bridgehead atoms. The van der Waals surface area contributed by atoms with E-state index in [4.69, 9.17) is 5.73 Å². The summed E-state index contributed by atoms with van der Waals surface area (Å²) in [6.45, 7) is 3.59. The Morgan fingerprint density at radius 3 is 2.65 bits per heavy atom. The molecule has 1 aliphatic rings. The van der Waals surface area contributed by atoms with Gasteiger partial charge in [0.2, 0.25) is 5.91 Å². The van der Waals surface area contributed by atoms with Crippen molar-refractivity contribution in [1.29, 1.82) is 0 Å². The molecule has 0 saturated heterocycles. The van der Waals surface area contributed by atoms with Gasteiger partial charge >= 0.3 is 0 Å². The van der Waals surface area contributed by atoms with Gasteiger partial charge in [0.05, 0.1) is 6.04 Å². The van der Waals surface area contributed by atoms with Gasteiger partial charge in [0.25, 0.3) is 0 Å². The van der Waals surface area contributed by atoms with Crippen LogP contribution in [-0.2, 0) is 17.8 Å². The Morgan fingerprint density at radius 1 is 1.13 bits per heavy atom. The van der Waals surface area contributed by atoms with Crippen LogP contribution >= 0.6 is 0 Å². The molecule has 120 valence electrons. The van der Waals surface area contributed by atoms with Crippen LogP contribution < -0.4 is 5.73 Å². The number of carbonyl (C=O) groups is 1. The first-order valence-corrected chi connectivity index (χ1v) is 8.39. The lowest BCUT2D eigenvalue weighted by Crippen LogP contribution is -2.35. The lowest BCUT2D eigenvalue weighted by molar-refractivity contribution is -0.132. The Morgan fingerprint density at radius 2 is 1.91 bits per heavy atom. The van der Waals surface area contributed by atoms with E-state index >= 15 is 0 Å². The molecule has 0 aliphatic carbocycles. The van der Waals surface area contributed by atoms with Gasteiger partial charge < -0.3 is 10.6 Å². The smallest absolute Gasteiger partial charge is 0.222 e. The summed E-state index contributed by atoms with van der Waals surface area (Å²) in [5, 5.41) is 0. The lowest BCUT2D eigenvalue weighted by Gasteiger charge is -2.29. The molecule has 1 amide bonds. The molecule has 0 saturated carbocycles. The van der Waals surface area contributed by atoms with Gasteiger partial charge in [-0.25, -0.2) is 0 Å². The average Bonchev–Trinajstić information content (AvgIpc) is 2.61. The van der Waals surface area contributed by atoms with Crippen molar-refractivity contribution < 1.29 is 4.79 Å². The molecule has 2 aromatic carbocycles. The number of carbonyl (C=O) groups excluding carboxylic acids is 1. The molecule has 1 unspecified atom stereocenters. The normalized spacial score (nSPS) is 15.1. The first-order chi connectivity index (χ1) is 11.2. The number of hydrogen-bond acceptors (Lipinski definition) is 2. The Labute approximate surface area is 138 Å². The second-order valence-corrected chi connectivity index (χ2v) is 6.23. The third-order valence-corrected chi connectivity index (χ3v) is 4.58. The fourth-order valence-corrected chi connectivity index (χ4v) is 3.21. The van der Waals surface area contributed by atoms with E-state index < -0.39 is 0 Å². The zero-order chi connectivity index (χ0) is 16.2. The molecule has 3 rings (SSSR count). The second-order valence-electron chi connectivity index (χ2n) is 6.23. The summed E-state index contributed by atoms with van der Waals surface area (Å²) in [6.07, 6.45) is 2.48. The number of amides is 1. The summed E-state index contributed by atoms with van der Waals surface area (Å²) in [4.78, 5) is 14.1. The highest BCUT2D eigenvalue weighted by Gasteiger charge is 2.21. The van der Waals surface area contributed by atoms with Gasteiger partial charge in [0, 0.05) is 19.5 Å². The minimum absolute atomic E-state index is 0.122. The van der Waals surface area contributed by atoms with E-state index in [1.807, 2.05) is 30.0 Å². The van der Waals surface area contributed by atoms with Crippen molar-refractivity contribution in [2.45, 2.75) is 38.8 Å². The summed E-state index contributed by atoms with van der Waals surface area (Å²) in [6, 6.07) is 16.5. The van der Waals surface area contributed by atoms with Gasteiger partial charge in [-0.05, 0) is 35.1 Å². The van der Waals surface area contributed by atoms with Crippen LogP contribution in [0.5, 0.6) is 0 Å². The Hall–Kier alpha value is -2.13. The third-order valence-electron chi connectivity index (χ3n) is 4.58. The second kappa shape index (κ2) is 6.97. The monoisotopic (exact) mass is 308 g/mol. The predicted molar refractivity (Wildman–Crippen MR) is 92.9 cm³/mol. The molecule has 0 radical (unpaired) electrons. The van der Waals surface area contributed by atoms with E-state index in [2.05, 4.69) is 30.3 Å². The molecule has 2 aromatic rings. The zero-order valence-electron chi connectivity index (χ0n) is 13.7. The van der Waals surface area contributed by atoms with Crippen LogP contribution in [0.4, 0.5) is 0 Å². The van der Waals surface area contributed by atoms with Crippen molar-refractivity contribution in [2.75, 3.05) is 6.54 Å².